The largest absolute Gasteiger partial charge is 0.350 e. The summed E-state index contributed by atoms with van der Waals surface area (Å²) in [4.78, 5) is 32.5. The first-order valence-corrected chi connectivity index (χ1v) is 10.6. The van der Waals surface area contributed by atoms with Crippen molar-refractivity contribution < 1.29 is 9.59 Å². The summed E-state index contributed by atoms with van der Waals surface area (Å²) in [5.74, 6) is -0.414. The number of likely N-dealkylation sites (tertiary alicyclic amines) is 1. The van der Waals surface area contributed by atoms with Crippen molar-refractivity contribution in [3.8, 4) is 0 Å². The summed E-state index contributed by atoms with van der Waals surface area (Å²) in [6.45, 7) is 5.29. The molecule has 0 saturated carbocycles. The molecule has 2 amide bonds. The fourth-order valence-corrected chi connectivity index (χ4v) is 4.18. The summed E-state index contributed by atoms with van der Waals surface area (Å²) in [7, 11) is 0. The molecule has 1 fully saturated rings. The van der Waals surface area contributed by atoms with Gasteiger partial charge in [-0.1, -0.05) is 54.1 Å². The summed E-state index contributed by atoms with van der Waals surface area (Å²) >= 11 is 0. The molecule has 5 heteroatoms. The van der Waals surface area contributed by atoms with Gasteiger partial charge in [0.15, 0.2) is 0 Å². The fraction of sp³-hybridized carbons (Fsp3) is 0.269. The lowest BCUT2D eigenvalue weighted by Crippen LogP contribution is -2.35. The van der Waals surface area contributed by atoms with Crippen LogP contribution < -0.4 is 5.32 Å². The van der Waals surface area contributed by atoms with E-state index in [9.17, 15) is 9.59 Å². The lowest BCUT2D eigenvalue weighted by atomic mass is 9.88. The molecule has 2 aromatic carbocycles. The molecule has 1 saturated heterocycles. The van der Waals surface area contributed by atoms with Gasteiger partial charge in [-0.05, 0) is 43.2 Å². The van der Waals surface area contributed by atoms with Crippen LogP contribution in [0.2, 0.25) is 0 Å². The molecule has 2 atom stereocenters. The normalized spacial score (nSPS) is 18.1. The molecule has 0 aliphatic carbocycles. The lowest BCUT2D eigenvalue weighted by molar-refractivity contribution is -0.125. The minimum atomic E-state index is -0.306. The predicted octanol–water partition coefficient (Wildman–Crippen LogP) is 3.87. The second-order valence-electron chi connectivity index (χ2n) is 8.19. The first-order chi connectivity index (χ1) is 15.0. The van der Waals surface area contributed by atoms with Crippen LogP contribution in [-0.2, 0) is 11.3 Å². The minimum absolute atomic E-state index is 0.0183. The van der Waals surface area contributed by atoms with Crippen molar-refractivity contribution in [1.29, 1.82) is 0 Å². The molecule has 3 aromatic rings. The van der Waals surface area contributed by atoms with E-state index in [1.54, 1.807) is 6.20 Å². The third-order valence-electron chi connectivity index (χ3n) is 5.99. The highest BCUT2D eigenvalue weighted by Gasteiger charge is 2.40. The van der Waals surface area contributed by atoms with Crippen molar-refractivity contribution in [2.45, 2.75) is 26.3 Å². The molecule has 31 heavy (non-hydrogen) atoms. The SMILES string of the molecule is Cc1ccc(C2CN(C(=O)c3ccccc3C)CC2C(=O)NCc2ccccn2)cc1. The summed E-state index contributed by atoms with van der Waals surface area (Å²) in [6.07, 6.45) is 1.72. The maximum Gasteiger partial charge on any atom is 0.254 e. The van der Waals surface area contributed by atoms with Crippen molar-refractivity contribution in [3.05, 3.63) is 101 Å². The van der Waals surface area contributed by atoms with Gasteiger partial charge in [0.2, 0.25) is 5.91 Å². The van der Waals surface area contributed by atoms with Crippen molar-refractivity contribution >= 4 is 11.8 Å². The van der Waals surface area contributed by atoms with E-state index in [1.165, 1.54) is 5.56 Å². The molecular weight excluding hydrogens is 386 g/mol. The highest BCUT2D eigenvalue weighted by Crippen LogP contribution is 2.34. The summed E-state index contributed by atoms with van der Waals surface area (Å²) in [5, 5.41) is 3.02. The number of nitrogens with one attached hydrogen (secondary N) is 1. The van der Waals surface area contributed by atoms with Gasteiger partial charge < -0.3 is 10.2 Å². The molecule has 5 nitrogen and oxygen atoms in total. The van der Waals surface area contributed by atoms with Crippen LogP contribution >= 0.6 is 0 Å². The average molecular weight is 414 g/mol. The third-order valence-corrected chi connectivity index (χ3v) is 5.99. The van der Waals surface area contributed by atoms with Gasteiger partial charge in [0.05, 0.1) is 18.2 Å². The number of aryl methyl sites for hydroxylation is 2. The van der Waals surface area contributed by atoms with E-state index in [2.05, 4.69) is 34.6 Å². The molecule has 4 rings (SSSR count). The summed E-state index contributed by atoms with van der Waals surface area (Å²) < 4.78 is 0. The molecule has 1 aliphatic rings. The number of pyridine rings is 1. The van der Waals surface area contributed by atoms with Crippen LogP contribution in [0.15, 0.2) is 72.9 Å². The van der Waals surface area contributed by atoms with Gasteiger partial charge in [-0.15, -0.1) is 0 Å². The van der Waals surface area contributed by atoms with Gasteiger partial charge in [0.1, 0.15) is 0 Å². The Morgan fingerprint density at radius 3 is 2.42 bits per heavy atom. The minimum Gasteiger partial charge on any atom is -0.350 e. The third kappa shape index (κ3) is 4.66. The molecule has 1 aromatic heterocycles. The van der Waals surface area contributed by atoms with Gasteiger partial charge in [-0.25, -0.2) is 0 Å². The highest BCUT2D eigenvalue weighted by atomic mass is 16.2. The quantitative estimate of drug-likeness (QED) is 0.691. The zero-order valence-corrected chi connectivity index (χ0v) is 17.9. The molecule has 0 spiro atoms. The van der Waals surface area contributed by atoms with E-state index in [0.717, 1.165) is 16.8 Å². The van der Waals surface area contributed by atoms with Crippen LogP contribution in [0.5, 0.6) is 0 Å². The van der Waals surface area contributed by atoms with Crippen molar-refractivity contribution in [2.75, 3.05) is 13.1 Å². The number of benzene rings is 2. The number of aromatic nitrogens is 1. The van der Waals surface area contributed by atoms with Crippen molar-refractivity contribution in [2.24, 2.45) is 5.92 Å². The number of hydrogen-bond donors (Lipinski definition) is 1. The van der Waals surface area contributed by atoms with Crippen LogP contribution in [0.25, 0.3) is 0 Å². The highest BCUT2D eigenvalue weighted by molar-refractivity contribution is 5.96. The second kappa shape index (κ2) is 9.13. The Bertz CT molecular complexity index is 1060. The van der Waals surface area contributed by atoms with E-state index in [0.29, 0.717) is 25.2 Å². The molecule has 0 bridgehead atoms. The number of nitrogens with zero attached hydrogens (tertiary/aromatic N) is 2. The molecule has 2 heterocycles. The Balaban J connectivity index is 1.56. The Morgan fingerprint density at radius 1 is 0.968 bits per heavy atom. The van der Waals surface area contributed by atoms with Gasteiger partial charge >= 0.3 is 0 Å². The molecular formula is C26H27N3O2. The molecule has 0 radical (unpaired) electrons. The Kier molecular flexibility index (Phi) is 6.12. The summed E-state index contributed by atoms with van der Waals surface area (Å²) in [5.41, 5.74) is 4.71. The van der Waals surface area contributed by atoms with Crippen molar-refractivity contribution in [3.63, 3.8) is 0 Å². The van der Waals surface area contributed by atoms with Crippen LogP contribution in [0.4, 0.5) is 0 Å². The van der Waals surface area contributed by atoms with Crippen LogP contribution in [0, 0.1) is 19.8 Å². The Hall–Kier alpha value is -3.47. The first kappa shape index (κ1) is 20.8. The van der Waals surface area contributed by atoms with E-state index in [4.69, 9.17) is 0 Å². The Morgan fingerprint density at radius 2 is 1.71 bits per heavy atom. The number of rotatable bonds is 5. The van der Waals surface area contributed by atoms with Crippen LogP contribution in [0.1, 0.15) is 38.7 Å². The molecule has 1 N–H and O–H groups in total. The monoisotopic (exact) mass is 413 g/mol. The van der Waals surface area contributed by atoms with E-state index < -0.39 is 0 Å². The smallest absolute Gasteiger partial charge is 0.254 e. The number of carbonyl (C=O) groups excluding carboxylic acids is 2. The zero-order chi connectivity index (χ0) is 21.8. The number of carbonyl (C=O) groups is 2. The molecule has 2 unspecified atom stereocenters. The number of amides is 2. The standard InChI is InChI=1S/C26H27N3O2/c1-18-10-12-20(13-11-18)23-16-29(26(31)22-9-4-3-7-19(22)2)17-24(23)25(30)28-15-21-8-5-6-14-27-21/h3-14,23-24H,15-17H2,1-2H3,(H,28,30). The van der Waals surface area contributed by atoms with Gasteiger partial charge in [0, 0.05) is 30.8 Å². The van der Waals surface area contributed by atoms with Gasteiger partial charge in [0.25, 0.3) is 5.91 Å². The van der Waals surface area contributed by atoms with Crippen LogP contribution in [0.3, 0.4) is 0 Å². The molecule has 158 valence electrons. The number of hydrogen-bond acceptors (Lipinski definition) is 3. The average Bonchev–Trinajstić information content (AvgIpc) is 3.24. The van der Waals surface area contributed by atoms with Crippen LogP contribution in [-0.4, -0.2) is 34.8 Å². The lowest BCUT2D eigenvalue weighted by Gasteiger charge is -2.18. The van der Waals surface area contributed by atoms with Gasteiger partial charge in [-0.2, -0.15) is 0 Å². The predicted molar refractivity (Wildman–Crippen MR) is 121 cm³/mol. The zero-order valence-electron chi connectivity index (χ0n) is 17.9. The maximum absolute atomic E-state index is 13.2. The summed E-state index contributed by atoms with van der Waals surface area (Å²) in [6, 6.07) is 21.5. The van der Waals surface area contributed by atoms with Crippen molar-refractivity contribution in [1.82, 2.24) is 15.2 Å². The molecule has 1 aliphatic heterocycles. The first-order valence-electron chi connectivity index (χ1n) is 10.6. The van der Waals surface area contributed by atoms with E-state index in [-0.39, 0.29) is 23.7 Å². The Labute approximate surface area is 183 Å². The van der Waals surface area contributed by atoms with Gasteiger partial charge in [-0.3, -0.25) is 14.6 Å². The topological polar surface area (TPSA) is 62.3 Å². The maximum atomic E-state index is 13.2. The second-order valence-corrected chi connectivity index (χ2v) is 8.19. The van der Waals surface area contributed by atoms with E-state index >= 15 is 0 Å². The van der Waals surface area contributed by atoms with E-state index in [1.807, 2.05) is 61.2 Å². The fourth-order valence-electron chi connectivity index (χ4n) is 4.18.